The Labute approximate surface area is 102 Å². The van der Waals surface area contributed by atoms with Crippen LogP contribution < -0.4 is 0 Å². The molecular formula is C14H18N2O. The maximum atomic E-state index is 11.4. The normalized spacial score (nSPS) is 15.2. The van der Waals surface area contributed by atoms with E-state index in [0.717, 1.165) is 31.6 Å². The third-order valence-corrected chi connectivity index (χ3v) is 2.92. The molecule has 0 spiro atoms. The van der Waals surface area contributed by atoms with Gasteiger partial charge in [-0.15, -0.1) is 0 Å². The Hall–Kier alpha value is -1.64. The predicted molar refractivity (Wildman–Crippen MR) is 68.8 cm³/mol. The molecule has 1 amide bonds. The summed E-state index contributed by atoms with van der Waals surface area (Å²) >= 11 is 0. The summed E-state index contributed by atoms with van der Waals surface area (Å²) in [6, 6.07) is 10.2. The molecule has 0 aliphatic carbocycles. The van der Waals surface area contributed by atoms with Crippen LogP contribution in [-0.2, 0) is 11.3 Å². The summed E-state index contributed by atoms with van der Waals surface area (Å²) in [5.74, 6) is 0.952. The smallest absolute Gasteiger partial charge is 0.266 e. The van der Waals surface area contributed by atoms with Gasteiger partial charge in [0, 0.05) is 13.0 Å². The second-order valence-corrected chi connectivity index (χ2v) is 4.37. The summed E-state index contributed by atoms with van der Waals surface area (Å²) in [7, 11) is 0. The average Bonchev–Trinajstić information content (AvgIpc) is 2.68. The first-order valence-electron chi connectivity index (χ1n) is 6.19. The summed E-state index contributed by atoms with van der Waals surface area (Å²) in [6.07, 6.45) is 3.14. The summed E-state index contributed by atoms with van der Waals surface area (Å²) in [5, 5.41) is 0. The summed E-state index contributed by atoms with van der Waals surface area (Å²) in [4.78, 5) is 17.6. The number of rotatable bonds is 5. The van der Waals surface area contributed by atoms with Gasteiger partial charge in [0.25, 0.3) is 5.91 Å². The van der Waals surface area contributed by atoms with E-state index in [9.17, 15) is 4.79 Å². The molecule has 1 aliphatic rings. The minimum Gasteiger partial charge on any atom is -0.346 e. The van der Waals surface area contributed by atoms with E-state index in [1.165, 1.54) is 5.56 Å². The fourth-order valence-electron chi connectivity index (χ4n) is 2.00. The van der Waals surface area contributed by atoms with Crippen molar-refractivity contribution in [3.8, 4) is 0 Å². The van der Waals surface area contributed by atoms with Gasteiger partial charge in [-0.05, 0) is 12.0 Å². The molecule has 3 heteroatoms. The highest BCUT2D eigenvalue weighted by Gasteiger charge is 2.22. The van der Waals surface area contributed by atoms with Crippen LogP contribution in [0.1, 0.15) is 31.7 Å². The van der Waals surface area contributed by atoms with Gasteiger partial charge >= 0.3 is 0 Å². The molecule has 0 bridgehead atoms. The van der Waals surface area contributed by atoms with Crippen LogP contribution in [0.15, 0.2) is 35.3 Å². The molecule has 1 aliphatic heterocycles. The standard InChI is InChI=1S/C14H18N2O/c1-2-3-9-13-15-14(17)11-16(13)10-12-7-5-4-6-8-12/h4-8H,2-3,9-11H2,1H3. The third-order valence-electron chi connectivity index (χ3n) is 2.92. The highest BCUT2D eigenvalue weighted by atomic mass is 16.2. The molecule has 0 saturated heterocycles. The van der Waals surface area contributed by atoms with E-state index in [-0.39, 0.29) is 5.91 Å². The number of benzene rings is 1. The molecule has 2 rings (SSSR count). The molecule has 0 radical (unpaired) electrons. The van der Waals surface area contributed by atoms with E-state index in [0.29, 0.717) is 6.54 Å². The van der Waals surface area contributed by atoms with Crippen LogP contribution in [0.3, 0.4) is 0 Å². The van der Waals surface area contributed by atoms with Gasteiger partial charge in [-0.25, -0.2) is 0 Å². The Morgan fingerprint density at radius 2 is 2.06 bits per heavy atom. The maximum Gasteiger partial charge on any atom is 0.266 e. The number of unbranched alkanes of at least 4 members (excludes halogenated alkanes) is 1. The number of hydrogen-bond acceptors (Lipinski definition) is 2. The van der Waals surface area contributed by atoms with Crippen LogP contribution >= 0.6 is 0 Å². The molecule has 0 atom stereocenters. The minimum atomic E-state index is -0.00738. The van der Waals surface area contributed by atoms with E-state index >= 15 is 0 Å². The predicted octanol–water partition coefficient (Wildman–Crippen LogP) is 2.62. The van der Waals surface area contributed by atoms with Crippen LogP contribution in [0.4, 0.5) is 0 Å². The van der Waals surface area contributed by atoms with Gasteiger partial charge in [0.15, 0.2) is 0 Å². The van der Waals surface area contributed by atoms with Gasteiger partial charge < -0.3 is 4.90 Å². The van der Waals surface area contributed by atoms with Crippen LogP contribution in [0.5, 0.6) is 0 Å². The Morgan fingerprint density at radius 1 is 1.29 bits per heavy atom. The van der Waals surface area contributed by atoms with Crippen molar-refractivity contribution in [2.24, 2.45) is 4.99 Å². The van der Waals surface area contributed by atoms with Crippen molar-refractivity contribution in [2.75, 3.05) is 6.54 Å². The molecule has 0 aromatic heterocycles. The zero-order chi connectivity index (χ0) is 12.1. The highest BCUT2D eigenvalue weighted by Crippen LogP contribution is 2.13. The van der Waals surface area contributed by atoms with Crippen molar-refractivity contribution in [3.05, 3.63) is 35.9 Å². The first-order chi connectivity index (χ1) is 8.29. The second kappa shape index (κ2) is 5.62. The first kappa shape index (κ1) is 11.8. The van der Waals surface area contributed by atoms with Gasteiger partial charge in [-0.2, -0.15) is 4.99 Å². The number of nitrogens with zero attached hydrogens (tertiary/aromatic N) is 2. The molecule has 90 valence electrons. The van der Waals surface area contributed by atoms with Gasteiger partial charge in [0.05, 0.1) is 0 Å². The molecule has 0 unspecified atom stereocenters. The molecule has 1 aromatic rings. The van der Waals surface area contributed by atoms with Gasteiger partial charge in [0.1, 0.15) is 12.4 Å². The lowest BCUT2D eigenvalue weighted by Crippen LogP contribution is -2.27. The zero-order valence-corrected chi connectivity index (χ0v) is 10.2. The van der Waals surface area contributed by atoms with E-state index < -0.39 is 0 Å². The molecule has 0 saturated carbocycles. The third kappa shape index (κ3) is 3.16. The maximum absolute atomic E-state index is 11.4. The van der Waals surface area contributed by atoms with Crippen LogP contribution in [-0.4, -0.2) is 23.2 Å². The average molecular weight is 230 g/mol. The van der Waals surface area contributed by atoms with Gasteiger partial charge in [0.2, 0.25) is 0 Å². The van der Waals surface area contributed by atoms with Gasteiger partial charge in [-0.1, -0.05) is 43.7 Å². The lowest BCUT2D eigenvalue weighted by molar-refractivity contribution is -0.117. The molecule has 0 fully saturated rings. The van der Waals surface area contributed by atoms with Crippen molar-refractivity contribution >= 4 is 11.7 Å². The SMILES string of the molecule is CCCCC1=NC(=O)CN1Cc1ccccc1. The quantitative estimate of drug-likeness (QED) is 0.779. The minimum absolute atomic E-state index is 0.00738. The number of carbonyl (C=O) groups is 1. The Morgan fingerprint density at radius 3 is 2.76 bits per heavy atom. The summed E-state index contributed by atoms with van der Waals surface area (Å²) in [6.45, 7) is 3.38. The van der Waals surface area contributed by atoms with Crippen molar-refractivity contribution in [3.63, 3.8) is 0 Å². The lowest BCUT2D eigenvalue weighted by Gasteiger charge is -2.19. The number of amidine groups is 1. The zero-order valence-electron chi connectivity index (χ0n) is 10.2. The Balaban J connectivity index is 2.01. The number of carbonyl (C=O) groups excluding carboxylic acids is 1. The van der Waals surface area contributed by atoms with Crippen LogP contribution in [0.2, 0.25) is 0 Å². The molecule has 17 heavy (non-hydrogen) atoms. The lowest BCUT2D eigenvalue weighted by atomic mass is 10.2. The van der Waals surface area contributed by atoms with E-state index in [2.05, 4.69) is 28.9 Å². The second-order valence-electron chi connectivity index (χ2n) is 4.37. The van der Waals surface area contributed by atoms with E-state index in [1.54, 1.807) is 0 Å². The highest BCUT2D eigenvalue weighted by molar-refractivity contribution is 6.01. The van der Waals surface area contributed by atoms with E-state index in [4.69, 9.17) is 0 Å². The Kier molecular flexibility index (Phi) is 3.91. The molecule has 1 aromatic carbocycles. The number of aliphatic imine (C=N–C) groups is 1. The monoisotopic (exact) mass is 230 g/mol. The summed E-state index contributed by atoms with van der Waals surface area (Å²) < 4.78 is 0. The van der Waals surface area contributed by atoms with E-state index in [1.807, 2.05) is 18.2 Å². The molecule has 3 nitrogen and oxygen atoms in total. The molecule has 1 heterocycles. The largest absolute Gasteiger partial charge is 0.346 e. The number of amides is 1. The fraction of sp³-hybridized carbons (Fsp3) is 0.429. The van der Waals surface area contributed by atoms with Crippen molar-refractivity contribution in [1.82, 2.24) is 4.90 Å². The topological polar surface area (TPSA) is 32.7 Å². The summed E-state index contributed by atoms with van der Waals surface area (Å²) in [5.41, 5.74) is 1.23. The van der Waals surface area contributed by atoms with Gasteiger partial charge in [-0.3, -0.25) is 4.79 Å². The van der Waals surface area contributed by atoms with Crippen LogP contribution in [0.25, 0.3) is 0 Å². The van der Waals surface area contributed by atoms with Crippen molar-refractivity contribution in [2.45, 2.75) is 32.7 Å². The van der Waals surface area contributed by atoms with Crippen LogP contribution in [0, 0.1) is 0 Å². The molecule has 0 N–H and O–H groups in total. The van der Waals surface area contributed by atoms with Crippen molar-refractivity contribution < 1.29 is 4.79 Å². The fourth-order valence-corrected chi connectivity index (χ4v) is 2.00. The first-order valence-corrected chi connectivity index (χ1v) is 6.19. The van der Waals surface area contributed by atoms with Crippen molar-refractivity contribution in [1.29, 1.82) is 0 Å². The number of hydrogen-bond donors (Lipinski definition) is 0. The Bertz CT molecular complexity index is 411. The molecular weight excluding hydrogens is 212 g/mol.